The van der Waals surface area contributed by atoms with Crippen molar-refractivity contribution in [3.8, 4) is 5.75 Å². The van der Waals surface area contributed by atoms with E-state index in [-0.39, 0.29) is 17.5 Å². The summed E-state index contributed by atoms with van der Waals surface area (Å²) in [7, 11) is 0. The van der Waals surface area contributed by atoms with Gasteiger partial charge in [0.25, 0.3) is 5.91 Å². The molecule has 0 aliphatic carbocycles. The number of anilines is 1. The van der Waals surface area contributed by atoms with E-state index in [0.717, 1.165) is 15.6 Å². The molecular weight excluding hydrogens is 470 g/mol. The van der Waals surface area contributed by atoms with Crippen LogP contribution >= 0.6 is 15.9 Å². The first-order chi connectivity index (χ1) is 15.3. The largest absolute Gasteiger partial charge is 0.481 e. The lowest BCUT2D eigenvalue weighted by molar-refractivity contribution is -0.122. The van der Waals surface area contributed by atoms with Gasteiger partial charge in [-0.15, -0.1) is 0 Å². The number of hydrogen-bond donors (Lipinski definition) is 1. The van der Waals surface area contributed by atoms with Gasteiger partial charge in [-0.1, -0.05) is 40.2 Å². The van der Waals surface area contributed by atoms with Crippen LogP contribution in [0.1, 0.15) is 34.2 Å². The molecule has 1 heterocycles. The molecule has 0 aliphatic rings. The summed E-state index contributed by atoms with van der Waals surface area (Å²) in [5.74, 6) is 0.0473. The monoisotopic (exact) mass is 491 g/mol. The SMILES string of the molecule is Cc1cccc(O[C@@H](C)C(=O)Nc2c(C(=O)c3ccc(Br)cc3)oc3ccccc23)c1C. The number of carbonyl (C=O) groups is 2. The van der Waals surface area contributed by atoms with Crippen molar-refractivity contribution in [3.05, 3.63) is 93.7 Å². The Hall–Kier alpha value is -3.38. The van der Waals surface area contributed by atoms with Crippen molar-refractivity contribution in [2.24, 2.45) is 0 Å². The summed E-state index contributed by atoms with van der Waals surface area (Å²) in [5.41, 5.74) is 3.38. The number of aryl methyl sites for hydroxylation is 1. The molecule has 6 heteroatoms. The number of para-hydroxylation sites is 1. The first-order valence-corrected chi connectivity index (χ1v) is 11.0. The van der Waals surface area contributed by atoms with Gasteiger partial charge in [-0.2, -0.15) is 0 Å². The predicted octanol–water partition coefficient (Wildman–Crippen LogP) is 6.45. The summed E-state index contributed by atoms with van der Waals surface area (Å²) >= 11 is 3.37. The third-order valence-electron chi connectivity index (χ3n) is 5.38. The Bertz CT molecular complexity index is 1310. The fraction of sp³-hybridized carbons (Fsp3) is 0.154. The summed E-state index contributed by atoms with van der Waals surface area (Å²) < 4.78 is 12.6. The van der Waals surface area contributed by atoms with Crippen molar-refractivity contribution in [3.63, 3.8) is 0 Å². The average Bonchev–Trinajstić information content (AvgIpc) is 3.15. The molecule has 1 N–H and O–H groups in total. The zero-order valence-corrected chi connectivity index (χ0v) is 19.5. The molecule has 162 valence electrons. The topological polar surface area (TPSA) is 68.5 Å². The highest BCUT2D eigenvalue weighted by Gasteiger charge is 2.25. The van der Waals surface area contributed by atoms with Gasteiger partial charge in [0.2, 0.25) is 5.78 Å². The zero-order valence-electron chi connectivity index (χ0n) is 17.9. The van der Waals surface area contributed by atoms with E-state index >= 15 is 0 Å². The number of hydrogen-bond acceptors (Lipinski definition) is 4. The van der Waals surface area contributed by atoms with Crippen LogP contribution in [0.3, 0.4) is 0 Å². The molecule has 1 aromatic heterocycles. The maximum atomic E-state index is 13.2. The fourth-order valence-electron chi connectivity index (χ4n) is 3.38. The van der Waals surface area contributed by atoms with Gasteiger partial charge in [0.1, 0.15) is 11.3 Å². The van der Waals surface area contributed by atoms with E-state index < -0.39 is 6.10 Å². The number of fused-ring (bicyclic) bond motifs is 1. The number of rotatable bonds is 6. The highest BCUT2D eigenvalue weighted by Crippen LogP contribution is 2.33. The molecule has 0 saturated heterocycles. The molecular formula is C26H22BrNO4. The Kier molecular flexibility index (Phi) is 6.15. The predicted molar refractivity (Wildman–Crippen MR) is 128 cm³/mol. The maximum absolute atomic E-state index is 13.2. The van der Waals surface area contributed by atoms with E-state index in [1.165, 1.54) is 0 Å². The zero-order chi connectivity index (χ0) is 22.8. The van der Waals surface area contributed by atoms with Crippen LogP contribution < -0.4 is 10.1 Å². The van der Waals surface area contributed by atoms with Gasteiger partial charge >= 0.3 is 0 Å². The highest BCUT2D eigenvalue weighted by molar-refractivity contribution is 9.10. The van der Waals surface area contributed by atoms with Gasteiger partial charge in [-0.05, 0) is 74.4 Å². The van der Waals surface area contributed by atoms with Crippen molar-refractivity contribution in [1.29, 1.82) is 0 Å². The minimum absolute atomic E-state index is 0.0841. The Labute approximate surface area is 194 Å². The van der Waals surface area contributed by atoms with E-state index in [2.05, 4.69) is 21.2 Å². The average molecular weight is 492 g/mol. The third-order valence-corrected chi connectivity index (χ3v) is 5.91. The molecule has 0 spiro atoms. The minimum Gasteiger partial charge on any atom is -0.481 e. The molecule has 1 atom stereocenters. The van der Waals surface area contributed by atoms with Crippen LogP contribution in [0.15, 0.2) is 75.6 Å². The smallest absolute Gasteiger partial charge is 0.265 e. The molecule has 5 nitrogen and oxygen atoms in total. The highest BCUT2D eigenvalue weighted by atomic mass is 79.9. The Balaban J connectivity index is 1.65. The molecule has 0 saturated carbocycles. The Morgan fingerprint density at radius 1 is 0.969 bits per heavy atom. The number of ether oxygens (including phenoxy) is 1. The second kappa shape index (κ2) is 9.01. The van der Waals surface area contributed by atoms with Crippen LogP contribution in [0.5, 0.6) is 5.75 Å². The third kappa shape index (κ3) is 4.32. The van der Waals surface area contributed by atoms with Gasteiger partial charge in [-0.25, -0.2) is 0 Å². The molecule has 0 fully saturated rings. The lowest BCUT2D eigenvalue weighted by Gasteiger charge is -2.17. The summed E-state index contributed by atoms with van der Waals surface area (Å²) in [4.78, 5) is 26.2. The Morgan fingerprint density at radius 3 is 2.44 bits per heavy atom. The van der Waals surface area contributed by atoms with Gasteiger partial charge in [0.15, 0.2) is 11.9 Å². The van der Waals surface area contributed by atoms with Crippen molar-refractivity contribution in [2.75, 3.05) is 5.32 Å². The lowest BCUT2D eigenvalue weighted by atomic mass is 10.1. The van der Waals surface area contributed by atoms with Crippen molar-refractivity contribution < 1.29 is 18.7 Å². The van der Waals surface area contributed by atoms with Crippen molar-refractivity contribution in [1.82, 2.24) is 0 Å². The number of carbonyl (C=O) groups excluding carboxylic acids is 2. The van der Waals surface area contributed by atoms with Gasteiger partial charge in [-0.3, -0.25) is 9.59 Å². The number of furan rings is 1. The van der Waals surface area contributed by atoms with Crippen LogP contribution in [-0.4, -0.2) is 17.8 Å². The van der Waals surface area contributed by atoms with E-state index in [1.807, 2.05) is 50.2 Å². The van der Waals surface area contributed by atoms with E-state index in [4.69, 9.17) is 9.15 Å². The first-order valence-electron chi connectivity index (χ1n) is 10.2. The van der Waals surface area contributed by atoms with Gasteiger partial charge in [0, 0.05) is 15.4 Å². The van der Waals surface area contributed by atoms with Crippen LogP contribution in [0.4, 0.5) is 5.69 Å². The maximum Gasteiger partial charge on any atom is 0.265 e. The molecule has 0 aliphatic heterocycles. The van der Waals surface area contributed by atoms with Crippen LogP contribution in [0.25, 0.3) is 11.0 Å². The van der Waals surface area contributed by atoms with Crippen LogP contribution in [0.2, 0.25) is 0 Å². The van der Waals surface area contributed by atoms with E-state index in [1.54, 1.807) is 37.3 Å². The Morgan fingerprint density at radius 2 is 1.69 bits per heavy atom. The van der Waals surface area contributed by atoms with Crippen molar-refractivity contribution in [2.45, 2.75) is 26.9 Å². The standard InChI is InChI=1S/C26H22BrNO4/c1-15-7-6-10-21(16(15)2)31-17(3)26(30)28-23-20-8-4-5-9-22(20)32-25(23)24(29)18-11-13-19(27)14-12-18/h4-14,17H,1-3H3,(H,28,30)/t17-/m0/s1. The molecule has 1 amide bonds. The first kappa shape index (κ1) is 21.8. The number of ketones is 1. The number of halogens is 1. The summed E-state index contributed by atoms with van der Waals surface area (Å²) in [6.45, 7) is 5.62. The summed E-state index contributed by atoms with van der Waals surface area (Å²) in [5, 5.41) is 3.51. The van der Waals surface area contributed by atoms with E-state index in [0.29, 0.717) is 28.0 Å². The minimum atomic E-state index is -0.778. The molecule has 0 unspecified atom stereocenters. The molecule has 4 rings (SSSR count). The normalized spacial score (nSPS) is 11.9. The summed E-state index contributed by atoms with van der Waals surface area (Å²) in [6, 6.07) is 19.9. The van der Waals surface area contributed by atoms with Gasteiger partial charge < -0.3 is 14.5 Å². The molecule has 3 aromatic carbocycles. The lowest BCUT2D eigenvalue weighted by Crippen LogP contribution is -2.30. The second-order valence-corrected chi connectivity index (χ2v) is 8.50. The van der Waals surface area contributed by atoms with E-state index in [9.17, 15) is 9.59 Å². The quantitative estimate of drug-likeness (QED) is 0.314. The number of nitrogens with one attached hydrogen (secondary N) is 1. The van der Waals surface area contributed by atoms with Crippen molar-refractivity contribution >= 4 is 44.3 Å². The number of benzene rings is 3. The van der Waals surface area contributed by atoms with Crippen LogP contribution in [0, 0.1) is 13.8 Å². The fourth-order valence-corrected chi connectivity index (χ4v) is 3.65. The van der Waals surface area contributed by atoms with Gasteiger partial charge in [0.05, 0.1) is 5.69 Å². The molecule has 0 radical (unpaired) electrons. The number of amides is 1. The van der Waals surface area contributed by atoms with Crippen LogP contribution in [-0.2, 0) is 4.79 Å². The molecule has 32 heavy (non-hydrogen) atoms. The summed E-state index contributed by atoms with van der Waals surface area (Å²) in [6.07, 6.45) is -0.778. The molecule has 4 aromatic rings. The second-order valence-electron chi connectivity index (χ2n) is 7.59. The molecule has 0 bridgehead atoms.